The van der Waals surface area contributed by atoms with Gasteiger partial charge in [-0.2, -0.15) is 0 Å². The van der Waals surface area contributed by atoms with Gasteiger partial charge in [0, 0.05) is 35.0 Å². The third-order valence-electron chi connectivity index (χ3n) is 4.81. The van der Waals surface area contributed by atoms with Gasteiger partial charge in [-0.05, 0) is 49.2 Å². The van der Waals surface area contributed by atoms with Gasteiger partial charge in [0.1, 0.15) is 24.7 Å². The van der Waals surface area contributed by atoms with Crippen LogP contribution < -0.4 is 9.47 Å². The second kappa shape index (κ2) is 18.2. The zero-order valence-corrected chi connectivity index (χ0v) is 23.3. The van der Waals surface area contributed by atoms with Crippen molar-refractivity contribution in [3.05, 3.63) is 47.5 Å². The van der Waals surface area contributed by atoms with Crippen molar-refractivity contribution in [2.45, 2.75) is 24.5 Å². The van der Waals surface area contributed by atoms with E-state index in [1.54, 1.807) is 0 Å². The summed E-state index contributed by atoms with van der Waals surface area (Å²) in [6.45, 7) is 9.54. The van der Waals surface area contributed by atoms with Gasteiger partial charge in [-0.3, -0.25) is 0 Å². The van der Waals surface area contributed by atoms with Crippen LogP contribution in [0.1, 0.15) is 25.0 Å². The summed E-state index contributed by atoms with van der Waals surface area (Å²) >= 11 is 7.14. The molecule has 2 aromatic carbocycles. The Morgan fingerprint density at radius 2 is 0.912 bits per heavy atom. The first-order valence-corrected chi connectivity index (χ1v) is 13.9. The van der Waals surface area contributed by atoms with Crippen molar-refractivity contribution < 1.29 is 28.4 Å². The van der Waals surface area contributed by atoms with Crippen LogP contribution in [0.15, 0.2) is 36.4 Å². The van der Waals surface area contributed by atoms with E-state index in [0.717, 1.165) is 44.4 Å². The number of benzene rings is 2. The first kappa shape index (κ1) is 29.1. The average Bonchev–Trinajstić information content (AvgIpc) is 2.87. The lowest BCUT2D eigenvalue weighted by atomic mass is 9.99. The minimum atomic E-state index is 0.453. The molecule has 0 radical (unpaired) electrons. The first-order chi connectivity index (χ1) is 16.7. The maximum Gasteiger partial charge on any atom is 0.127 e. The topological polar surface area (TPSA) is 55.4 Å². The lowest BCUT2D eigenvalue weighted by molar-refractivity contribution is 0.0403. The summed E-state index contributed by atoms with van der Waals surface area (Å²) in [6, 6.07) is 12.4. The van der Waals surface area contributed by atoms with Crippen molar-refractivity contribution >= 4 is 31.9 Å². The molecule has 2 rings (SSSR count). The van der Waals surface area contributed by atoms with Crippen LogP contribution in [-0.2, 0) is 29.6 Å². The van der Waals surface area contributed by atoms with Crippen LogP contribution in [0, 0.1) is 0 Å². The van der Waals surface area contributed by atoms with Crippen molar-refractivity contribution in [1.29, 1.82) is 0 Å². The summed E-state index contributed by atoms with van der Waals surface area (Å²) in [5.41, 5.74) is 4.29. The van der Waals surface area contributed by atoms with E-state index in [9.17, 15) is 0 Å². The van der Waals surface area contributed by atoms with Crippen LogP contribution in [-0.4, -0.2) is 66.1 Å². The summed E-state index contributed by atoms with van der Waals surface area (Å²) in [6.07, 6.45) is 0. The normalized spacial score (nSPS) is 11.1. The molecule has 0 aliphatic heterocycles. The summed E-state index contributed by atoms with van der Waals surface area (Å²) in [5, 5.41) is 1.51. The van der Waals surface area contributed by atoms with Gasteiger partial charge in [0.15, 0.2) is 0 Å². The van der Waals surface area contributed by atoms with Gasteiger partial charge < -0.3 is 28.4 Å². The molecule has 0 saturated carbocycles. The maximum atomic E-state index is 6.12. The number of hydrogen-bond donors (Lipinski definition) is 0. The van der Waals surface area contributed by atoms with Crippen LogP contribution >= 0.6 is 31.9 Å². The first-order valence-electron chi connectivity index (χ1n) is 11.7. The highest BCUT2D eigenvalue weighted by Crippen LogP contribution is 2.38. The molecule has 0 bridgehead atoms. The van der Waals surface area contributed by atoms with Gasteiger partial charge >= 0.3 is 0 Å². The van der Waals surface area contributed by atoms with Crippen LogP contribution in [0.4, 0.5) is 0 Å². The van der Waals surface area contributed by atoms with E-state index in [0.29, 0.717) is 66.1 Å². The van der Waals surface area contributed by atoms with E-state index in [2.05, 4.69) is 56.1 Å². The van der Waals surface area contributed by atoms with Crippen molar-refractivity contribution in [3.8, 4) is 22.6 Å². The van der Waals surface area contributed by atoms with E-state index < -0.39 is 0 Å². The Kier molecular flexibility index (Phi) is 15.5. The maximum absolute atomic E-state index is 6.12. The molecule has 0 heterocycles. The highest BCUT2D eigenvalue weighted by atomic mass is 79.9. The summed E-state index contributed by atoms with van der Waals surface area (Å²) in [4.78, 5) is 0. The molecule has 34 heavy (non-hydrogen) atoms. The molecule has 0 aliphatic carbocycles. The smallest absolute Gasteiger partial charge is 0.127 e. The van der Waals surface area contributed by atoms with E-state index in [1.807, 2.05) is 26.0 Å². The van der Waals surface area contributed by atoms with Gasteiger partial charge in [-0.25, -0.2) is 0 Å². The summed E-state index contributed by atoms with van der Waals surface area (Å²) in [7, 11) is 0. The van der Waals surface area contributed by atoms with E-state index in [-0.39, 0.29) is 0 Å². The van der Waals surface area contributed by atoms with Gasteiger partial charge in [0.25, 0.3) is 0 Å². The van der Waals surface area contributed by atoms with E-state index in [4.69, 9.17) is 28.4 Å². The molecule has 2 aromatic rings. The Balaban J connectivity index is 2.11. The Bertz CT molecular complexity index is 750. The molecule has 6 nitrogen and oxygen atoms in total. The summed E-state index contributed by atoms with van der Waals surface area (Å²) < 4.78 is 34.0. The molecule has 0 spiro atoms. The minimum absolute atomic E-state index is 0.453. The number of hydrogen-bond acceptors (Lipinski definition) is 6. The fourth-order valence-corrected chi connectivity index (χ4v) is 3.84. The standard InChI is InChI=1S/C26H36Br2O6/c1-3-29-9-11-31-13-15-33-25-7-5-21(19-27)17-23(25)24-18-22(20-28)6-8-26(24)34-16-14-32-12-10-30-4-2/h5-8,17-18H,3-4,9-16,19-20H2,1-2H3. The molecule has 0 saturated heterocycles. The van der Waals surface area contributed by atoms with Gasteiger partial charge in [0.05, 0.1) is 39.6 Å². The molecular weight excluding hydrogens is 568 g/mol. The fraction of sp³-hybridized carbons (Fsp3) is 0.538. The average molecular weight is 604 g/mol. The highest BCUT2D eigenvalue weighted by molar-refractivity contribution is 9.08. The Hall–Kier alpha value is -1.16. The number of halogens is 2. The van der Waals surface area contributed by atoms with Crippen molar-refractivity contribution in [2.24, 2.45) is 0 Å². The highest BCUT2D eigenvalue weighted by Gasteiger charge is 2.14. The number of alkyl halides is 2. The predicted octanol–water partition coefficient (Wildman–Crippen LogP) is 6.01. The molecule has 0 aliphatic rings. The zero-order valence-electron chi connectivity index (χ0n) is 20.2. The molecule has 0 fully saturated rings. The van der Waals surface area contributed by atoms with Gasteiger partial charge in [0.2, 0.25) is 0 Å². The van der Waals surface area contributed by atoms with Crippen molar-refractivity contribution in [3.63, 3.8) is 0 Å². The quantitative estimate of drug-likeness (QED) is 0.145. The largest absolute Gasteiger partial charge is 0.491 e. The van der Waals surface area contributed by atoms with Crippen LogP contribution in [0.5, 0.6) is 11.5 Å². The second-order valence-corrected chi connectivity index (χ2v) is 8.37. The molecule has 0 unspecified atom stereocenters. The van der Waals surface area contributed by atoms with Crippen LogP contribution in [0.25, 0.3) is 11.1 Å². The van der Waals surface area contributed by atoms with Gasteiger partial charge in [-0.1, -0.05) is 44.0 Å². The third kappa shape index (κ3) is 10.6. The SMILES string of the molecule is CCOCCOCCOc1ccc(CBr)cc1-c1cc(CBr)ccc1OCCOCCOCC. The van der Waals surface area contributed by atoms with Gasteiger partial charge in [-0.15, -0.1) is 0 Å². The van der Waals surface area contributed by atoms with E-state index in [1.165, 1.54) is 0 Å². The molecule has 8 heteroatoms. The monoisotopic (exact) mass is 602 g/mol. The Morgan fingerprint density at radius 1 is 0.529 bits per heavy atom. The predicted molar refractivity (Wildman–Crippen MR) is 143 cm³/mol. The van der Waals surface area contributed by atoms with Crippen LogP contribution in [0.2, 0.25) is 0 Å². The summed E-state index contributed by atoms with van der Waals surface area (Å²) in [5.74, 6) is 1.59. The molecule has 0 amide bonds. The molecule has 190 valence electrons. The molecule has 0 N–H and O–H groups in total. The third-order valence-corrected chi connectivity index (χ3v) is 6.10. The van der Waals surface area contributed by atoms with E-state index >= 15 is 0 Å². The Morgan fingerprint density at radius 3 is 1.29 bits per heavy atom. The van der Waals surface area contributed by atoms with Crippen molar-refractivity contribution in [2.75, 3.05) is 66.1 Å². The van der Waals surface area contributed by atoms with Crippen molar-refractivity contribution in [1.82, 2.24) is 0 Å². The Labute approximate surface area is 220 Å². The lowest BCUT2D eigenvalue weighted by Crippen LogP contribution is -2.12. The zero-order chi connectivity index (χ0) is 24.4. The minimum Gasteiger partial charge on any atom is -0.491 e. The molecule has 0 atom stereocenters. The lowest BCUT2D eigenvalue weighted by Gasteiger charge is -2.17. The number of rotatable bonds is 19. The molecule has 0 aromatic heterocycles. The fourth-order valence-electron chi connectivity index (χ4n) is 3.14. The number of ether oxygens (including phenoxy) is 6. The van der Waals surface area contributed by atoms with Crippen LogP contribution in [0.3, 0.4) is 0 Å². The molecular formula is C26H36Br2O6. The second-order valence-electron chi connectivity index (χ2n) is 7.24.